The van der Waals surface area contributed by atoms with Crippen LogP contribution in [0.2, 0.25) is 5.02 Å². The van der Waals surface area contributed by atoms with Gasteiger partial charge in [0, 0.05) is 52.2 Å². The molecular weight excluding hydrogens is 328 g/mol. The molecule has 0 aliphatic carbocycles. The third kappa shape index (κ3) is 3.46. The summed E-state index contributed by atoms with van der Waals surface area (Å²) in [5, 5.41) is 0.722. The first kappa shape index (κ1) is 16.6. The van der Waals surface area contributed by atoms with E-state index < -0.39 is 0 Å². The Bertz CT molecular complexity index is 746. The van der Waals surface area contributed by atoms with Crippen molar-refractivity contribution < 1.29 is 4.79 Å². The minimum absolute atomic E-state index is 0.105. The van der Waals surface area contributed by atoms with E-state index in [9.17, 15) is 4.79 Å². The predicted octanol–water partition coefficient (Wildman–Crippen LogP) is 1.38. The summed E-state index contributed by atoms with van der Waals surface area (Å²) in [6, 6.07) is 3.86. The van der Waals surface area contributed by atoms with Crippen molar-refractivity contribution in [1.29, 1.82) is 0 Å². The monoisotopic (exact) mass is 348 g/mol. The van der Waals surface area contributed by atoms with Crippen LogP contribution in [0, 0.1) is 0 Å². The number of amides is 1. The van der Waals surface area contributed by atoms with E-state index in [1.807, 2.05) is 53.8 Å². The molecule has 0 bridgehead atoms. The number of halogens is 1. The molecule has 0 unspecified atom stereocenters. The van der Waals surface area contributed by atoms with E-state index in [0.717, 1.165) is 28.9 Å². The maximum absolute atomic E-state index is 11.9. The highest BCUT2D eigenvalue weighted by atomic mass is 35.5. The molecule has 0 N–H and O–H groups in total. The summed E-state index contributed by atoms with van der Waals surface area (Å²) < 4.78 is 2.00. The summed E-state index contributed by atoms with van der Waals surface area (Å²) in [5.41, 5.74) is 1.09. The highest BCUT2D eigenvalue weighted by Crippen LogP contribution is 2.21. The van der Waals surface area contributed by atoms with E-state index in [1.54, 1.807) is 11.2 Å². The number of carbonyl (C=O) groups is 1. The van der Waals surface area contributed by atoms with Crippen LogP contribution in [0.25, 0.3) is 0 Å². The number of likely N-dealkylation sites (N-methyl/N-ethyl adjacent to an activating group) is 1. The Morgan fingerprint density at radius 2 is 2.04 bits per heavy atom. The number of nitrogens with zero attached hydrogens (tertiary/aromatic N) is 6. The smallest absolute Gasteiger partial charge is 0.241 e. The zero-order valence-corrected chi connectivity index (χ0v) is 14.9. The molecule has 2 aromatic heterocycles. The Balaban J connectivity index is 1.75. The molecule has 1 saturated heterocycles. The second-order valence-corrected chi connectivity index (χ2v) is 6.52. The Kier molecular flexibility index (Phi) is 4.62. The van der Waals surface area contributed by atoms with Crippen LogP contribution in [0.15, 0.2) is 24.7 Å². The van der Waals surface area contributed by atoms with Crippen molar-refractivity contribution in [3.63, 3.8) is 0 Å². The Labute approximate surface area is 146 Å². The molecule has 0 saturated carbocycles. The Hall–Kier alpha value is -2.28. The summed E-state index contributed by atoms with van der Waals surface area (Å²) in [5.74, 6) is 1.69. The van der Waals surface area contributed by atoms with Gasteiger partial charge in [-0.2, -0.15) is 0 Å². The highest BCUT2D eigenvalue weighted by Gasteiger charge is 2.22. The first-order chi connectivity index (χ1) is 11.4. The minimum atomic E-state index is 0.105. The molecule has 3 heterocycles. The molecule has 0 aromatic carbocycles. The Morgan fingerprint density at radius 1 is 1.25 bits per heavy atom. The number of aryl methyl sites for hydroxylation is 1. The normalized spacial score (nSPS) is 15.1. The van der Waals surface area contributed by atoms with Crippen LogP contribution in [-0.2, 0) is 18.4 Å². The average Bonchev–Trinajstić information content (AvgIpc) is 2.87. The maximum Gasteiger partial charge on any atom is 0.241 e. The van der Waals surface area contributed by atoms with Crippen molar-refractivity contribution in [2.24, 2.45) is 7.05 Å². The summed E-state index contributed by atoms with van der Waals surface area (Å²) in [6.45, 7) is 2.51. The van der Waals surface area contributed by atoms with Gasteiger partial charge in [0.05, 0.1) is 18.1 Å². The van der Waals surface area contributed by atoms with E-state index in [-0.39, 0.29) is 5.91 Å². The summed E-state index contributed by atoms with van der Waals surface area (Å²) >= 11 is 6.04. The molecule has 0 radical (unpaired) electrons. The van der Waals surface area contributed by atoms with Crippen LogP contribution in [-0.4, -0.2) is 59.1 Å². The fraction of sp³-hybridized carbons (Fsp3) is 0.438. The van der Waals surface area contributed by atoms with Crippen molar-refractivity contribution >= 4 is 29.1 Å². The number of hydrogen-bond acceptors (Lipinski definition) is 5. The van der Waals surface area contributed by atoms with Crippen molar-refractivity contribution in [1.82, 2.24) is 19.4 Å². The SMILES string of the molecule is CN1CCN(c2cc(N(C)Cc3cc(Cl)cn3C)ncn2)CC1=O. The van der Waals surface area contributed by atoms with Crippen LogP contribution in [0.3, 0.4) is 0 Å². The zero-order chi connectivity index (χ0) is 17.3. The van der Waals surface area contributed by atoms with Crippen LogP contribution in [0.4, 0.5) is 11.6 Å². The summed E-state index contributed by atoms with van der Waals surface area (Å²) in [6.07, 6.45) is 3.42. The maximum atomic E-state index is 11.9. The molecule has 8 heteroatoms. The summed E-state index contributed by atoms with van der Waals surface area (Å²) in [4.78, 5) is 26.3. The van der Waals surface area contributed by atoms with E-state index in [1.165, 1.54) is 0 Å². The quantitative estimate of drug-likeness (QED) is 0.835. The third-order valence-electron chi connectivity index (χ3n) is 4.28. The third-order valence-corrected chi connectivity index (χ3v) is 4.49. The molecular formula is C16H21ClN6O. The van der Waals surface area contributed by atoms with Gasteiger partial charge >= 0.3 is 0 Å². The molecule has 1 aliphatic heterocycles. The fourth-order valence-electron chi connectivity index (χ4n) is 2.72. The molecule has 128 valence electrons. The molecule has 1 fully saturated rings. The number of aromatic nitrogens is 3. The standard InChI is InChI=1S/C16H21ClN6O/c1-20-4-5-23(10-16(20)24)15-7-14(18-11-19-15)22(3)9-13-6-12(17)8-21(13)2/h6-8,11H,4-5,9-10H2,1-3H3. The largest absolute Gasteiger partial charge is 0.354 e. The number of rotatable bonds is 4. The predicted molar refractivity (Wildman–Crippen MR) is 94.4 cm³/mol. The average molecular weight is 349 g/mol. The van der Waals surface area contributed by atoms with Crippen LogP contribution in [0.1, 0.15) is 5.69 Å². The molecule has 24 heavy (non-hydrogen) atoms. The van der Waals surface area contributed by atoms with E-state index >= 15 is 0 Å². The lowest BCUT2D eigenvalue weighted by Crippen LogP contribution is -2.48. The van der Waals surface area contributed by atoms with Gasteiger partial charge in [-0.25, -0.2) is 9.97 Å². The Morgan fingerprint density at radius 3 is 2.71 bits per heavy atom. The lowest BCUT2D eigenvalue weighted by atomic mass is 10.3. The van der Waals surface area contributed by atoms with Gasteiger partial charge in [0.1, 0.15) is 18.0 Å². The molecule has 1 amide bonds. The van der Waals surface area contributed by atoms with Gasteiger partial charge in [-0.15, -0.1) is 0 Å². The number of hydrogen-bond donors (Lipinski definition) is 0. The van der Waals surface area contributed by atoms with Gasteiger partial charge < -0.3 is 19.3 Å². The topological polar surface area (TPSA) is 57.5 Å². The molecule has 2 aromatic rings. The first-order valence-corrected chi connectivity index (χ1v) is 8.14. The van der Waals surface area contributed by atoms with Crippen molar-refractivity contribution in [3.05, 3.63) is 35.4 Å². The minimum Gasteiger partial charge on any atom is -0.354 e. The number of piperazine rings is 1. The van der Waals surface area contributed by atoms with Gasteiger partial charge in [-0.05, 0) is 6.07 Å². The highest BCUT2D eigenvalue weighted by molar-refractivity contribution is 6.30. The number of anilines is 2. The van der Waals surface area contributed by atoms with Gasteiger partial charge in [-0.1, -0.05) is 11.6 Å². The lowest BCUT2D eigenvalue weighted by molar-refractivity contribution is -0.129. The molecule has 3 rings (SSSR count). The van der Waals surface area contributed by atoms with Crippen LogP contribution in [0.5, 0.6) is 0 Å². The van der Waals surface area contributed by atoms with Gasteiger partial charge in [0.15, 0.2) is 0 Å². The zero-order valence-electron chi connectivity index (χ0n) is 14.1. The molecule has 0 spiro atoms. The lowest BCUT2D eigenvalue weighted by Gasteiger charge is -2.33. The van der Waals surface area contributed by atoms with E-state index in [0.29, 0.717) is 19.6 Å². The van der Waals surface area contributed by atoms with Gasteiger partial charge in [0.25, 0.3) is 0 Å². The second-order valence-electron chi connectivity index (χ2n) is 6.09. The summed E-state index contributed by atoms with van der Waals surface area (Å²) in [7, 11) is 5.77. The van der Waals surface area contributed by atoms with Gasteiger partial charge in [-0.3, -0.25) is 4.79 Å². The number of carbonyl (C=O) groups excluding carboxylic acids is 1. The second kappa shape index (κ2) is 6.68. The molecule has 7 nitrogen and oxygen atoms in total. The molecule has 1 aliphatic rings. The van der Waals surface area contributed by atoms with Crippen LogP contribution >= 0.6 is 11.6 Å². The van der Waals surface area contributed by atoms with Gasteiger partial charge in [0.2, 0.25) is 5.91 Å². The fourth-order valence-corrected chi connectivity index (χ4v) is 2.99. The molecule has 0 atom stereocenters. The van der Waals surface area contributed by atoms with Crippen molar-refractivity contribution in [3.8, 4) is 0 Å². The van der Waals surface area contributed by atoms with Crippen molar-refractivity contribution in [2.45, 2.75) is 6.54 Å². The van der Waals surface area contributed by atoms with Crippen LogP contribution < -0.4 is 9.80 Å². The van der Waals surface area contributed by atoms with E-state index in [4.69, 9.17) is 11.6 Å². The van der Waals surface area contributed by atoms with E-state index in [2.05, 4.69) is 9.97 Å². The van der Waals surface area contributed by atoms with Crippen molar-refractivity contribution in [2.75, 3.05) is 43.5 Å². The first-order valence-electron chi connectivity index (χ1n) is 7.77.